The number of ether oxygens (including phenoxy) is 3. The van der Waals surface area contributed by atoms with Crippen LogP contribution >= 0.6 is 11.6 Å². The number of alkyl halides is 1. The minimum Gasteiger partial charge on any atom is -0.494 e. The van der Waals surface area contributed by atoms with Gasteiger partial charge in [0.2, 0.25) is 0 Å². The number of aliphatic hydroxyl groups excluding tert-OH is 2. The van der Waals surface area contributed by atoms with Crippen LogP contribution in [0.4, 0.5) is 0 Å². The molecule has 0 aliphatic heterocycles. The molecule has 2 fully saturated rings. The molecular weight excluding hydrogens is 664 g/mol. The minimum atomic E-state index is -0.472. The number of halogens is 1. The Bertz CT molecular complexity index is 1170. The van der Waals surface area contributed by atoms with Gasteiger partial charge in [0.15, 0.2) is 0 Å². The van der Waals surface area contributed by atoms with E-state index in [0.29, 0.717) is 37.2 Å². The fourth-order valence-corrected chi connectivity index (χ4v) is 7.96. The van der Waals surface area contributed by atoms with Crippen molar-refractivity contribution < 1.29 is 34.0 Å². The quantitative estimate of drug-likeness (QED) is 0.0402. The number of hydrogen-bond acceptors (Lipinski definition) is 7. The van der Waals surface area contributed by atoms with E-state index in [-0.39, 0.29) is 54.3 Å². The van der Waals surface area contributed by atoms with Crippen LogP contribution < -0.4 is 4.74 Å². The van der Waals surface area contributed by atoms with E-state index < -0.39 is 12.1 Å². The van der Waals surface area contributed by atoms with Crippen molar-refractivity contribution in [2.45, 2.75) is 160 Å². The molecule has 5 atom stereocenters. The summed E-state index contributed by atoms with van der Waals surface area (Å²) >= 11 is 6.62. The maximum Gasteiger partial charge on any atom is 0.338 e. The molecule has 0 unspecified atom stereocenters. The fraction of sp³-hybridized carbons (Fsp3) is 0.721. The number of unbranched alkanes of at least 4 members (excludes halogenated alkanes) is 10. The van der Waals surface area contributed by atoms with Crippen LogP contribution in [0.2, 0.25) is 0 Å². The smallest absolute Gasteiger partial charge is 0.338 e. The highest BCUT2D eigenvalue weighted by Crippen LogP contribution is 2.48. The van der Waals surface area contributed by atoms with Crippen molar-refractivity contribution in [3.05, 3.63) is 54.1 Å². The van der Waals surface area contributed by atoms with Crippen LogP contribution in [-0.4, -0.2) is 59.6 Å². The lowest BCUT2D eigenvalue weighted by Gasteiger charge is -2.45. The number of allylic oxidation sites excluding steroid dienone is 2. The predicted molar refractivity (Wildman–Crippen MR) is 206 cm³/mol. The molecular formula is C43H67ClO7. The van der Waals surface area contributed by atoms with Crippen molar-refractivity contribution in [3.8, 4) is 5.75 Å². The first-order valence-corrected chi connectivity index (χ1v) is 20.6. The van der Waals surface area contributed by atoms with E-state index in [9.17, 15) is 19.8 Å². The molecule has 0 bridgehead atoms. The molecule has 0 amide bonds. The van der Waals surface area contributed by atoms with Crippen LogP contribution in [0.1, 0.15) is 153 Å². The lowest BCUT2D eigenvalue weighted by Crippen LogP contribution is -2.40. The highest BCUT2D eigenvalue weighted by molar-refractivity contribution is 6.21. The van der Waals surface area contributed by atoms with Gasteiger partial charge in [-0.3, -0.25) is 4.79 Å². The summed E-state index contributed by atoms with van der Waals surface area (Å²) in [4.78, 5) is 24.7. The highest BCUT2D eigenvalue weighted by Gasteiger charge is 2.42. The Morgan fingerprint density at radius 1 is 0.922 bits per heavy atom. The second-order valence-electron chi connectivity index (χ2n) is 14.8. The van der Waals surface area contributed by atoms with Crippen molar-refractivity contribution in [3.63, 3.8) is 0 Å². The number of carbonyl (C=O) groups excluding carboxylic acids is 2. The second kappa shape index (κ2) is 24.8. The maximum absolute atomic E-state index is 12.5. The summed E-state index contributed by atoms with van der Waals surface area (Å²) in [7, 11) is 0. The Labute approximate surface area is 313 Å². The van der Waals surface area contributed by atoms with Gasteiger partial charge in [0.05, 0.1) is 24.4 Å². The van der Waals surface area contributed by atoms with Gasteiger partial charge >= 0.3 is 11.9 Å². The van der Waals surface area contributed by atoms with Crippen molar-refractivity contribution >= 4 is 23.5 Å². The largest absolute Gasteiger partial charge is 0.494 e. The van der Waals surface area contributed by atoms with Gasteiger partial charge < -0.3 is 24.4 Å². The van der Waals surface area contributed by atoms with Crippen LogP contribution in [0.15, 0.2) is 48.6 Å². The molecule has 0 radical (unpaired) electrons. The van der Waals surface area contributed by atoms with E-state index in [0.717, 1.165) is 44.9 Å². The third kappa shape index (κ3) is 15.7. The Hall–Kier alpha value is -2.35. The number of aliphatic hydroxyl groups is 2. The van der Waals surface area contributed by atoms with Crippen LogP contribution in [-0.2, 0) is 14.3 Å². The van der Waals surface area contributed by atoms with Crippen molar-refractivity contribution in [2.24, 2.45) is 17.3 Å². The summed E-state index contributed by atoms with van der Waals surface area (Å²) in [5.41, 5.74) is 0.486. The number of benzene rings is 1. The summed E-state index contributed by atoms with van der Waals surface area (Å²) in [6.07, 6.45) is 28.2. The van der Waals surface area contributed by atoms with Gasteiger partial charge in [0.1, 0.15) is 19.0 Å². The third-order valence-corrected chi connectivity index (χ3v) is 11.6. The predicted octanol–water partition coefficient (Wildman–Crippen LogP) is 10.3. The molecule has 0 heterocycles. The average molecular weight is 731 g/mol. The summed E-state index contributed by atoms with van der Waals surface area (Å²) in [5, 5.41) is 21.3. The van der Waals surface area contributed by atoms with Gasteiger partial charge in [0, 0.05) is 17.7 Å². The molecule has 2 saturated carbocycles. The summed E-state index contributed by atoms with van der Waals surface area (Å²) < 4.78 is 16.4. The molecule has 51 heavy (non-hydrogen) atoms. The molecule has 0 aromatic heterocycles. The molecule has 1 aromatic carbocycles. The van der Waals surface area contributed by atoms with E-state index in [1.807, 2.05) is 12.1 Å². The van der Waals surface area contributed by atoms with Gasteiger partial charge in [0.25, 0.3) is 0 Å². The lowest BCUT2D eigenvalue weighted by molar-refractivity contribution is -0.144. The van der Waals surface area contributed by atoms with Crippen LogP contribution in [0.3, 0.4) is 0 Å². The molecule has 2 N–H and O–H groups in total. The van der Waals surface area contributed by atoms with E-state index in [4.69, 9.17) is 25.8 Å². The van der Waals surface area contributed by atoms with Gasteiger partial charge in [-0.25, -0.2) is 4.79 Å². The van der Waals surface area contributed by atoms with Crippen LogP contribution in [0.5, 0.6) is 5.75 Å². The van der Waals surface area contributed by atoms with E-state index >= 15 is 0 Å². The minimum absolute atomic E-state index is 0.00491. The topological polar surface area (TPSA) is 102 Å². The van der Waals surface area contributed by atoms with Gasteiger partial charge in [-0.05, 0) is 87.3 Å². The normalized spacial score (nSPS) is 21.9. The zero-order valence-electron chi connectivity index (χ0n) is 31.6. The first-order chi connectivity index (χ1) is 24.8. The highest BCUT2D eigenvalue weighted by atomic mass is 35.5. The molecule has 0 spiro atoms. The van der Waals surface area contributed by atoms with Crippen LogP contribution in [0.25, 0.3) is 0 Å². The zero-order chi connectivity index (χ0) is 36.7. The van der Waals surface area contributed by atoms with Gasteiger partial charge in [-0.1, -0.05) is 108 Å². The number of rotatable bonds is 27. The summed E-state index contributed by atoms with van der Waals surface area (Å²) in [6, 6.07) is 7.01. The SMILES string of the molecule is CCCCCCCCCCCCOc1cccc(C(=O)OCCOC(=O)CCCC=CC[C@@H]2[C@@H](C=CC[C@H](O)C3(CC)CCC3)[C@H](O)C[C@H]2Cl)c1. The Balaban J connectivity index is 1.22. The van der Waals surface area contributed by atoms with Crippen LogP contribution in [0, 0.1) is 17.3 Å². The zero-order valence-corrected chi connectivity index (χ0v) is 32.3. The third-order valence-electron chi connectivity index (χ3n) is 11.1. The number of hydrogen-bond donors (Lipinski definition) is 2. The number of carbonyl (C=O) groups is 2. The van der Waals surface area contributed by atoms with Gasteiger partial charge in [-0.2, -0.15) is 0 Å². The fourth-order valence-electron chi connectivity index (χ4n) is 7.51. The van der Waals surface area contributed by atoms with Gasteiger partial charge in [-0.15, -0.1) is 11.6 Å². The lowest BCUT2D eigenvalue weighted by atomic mass is 9.63. The molecule has 2 aliphatic rings. The summed E-state index contributed by atoms with van der Waals surface area (Å²) in [5.74, 6) is -0.0268. The second-order valence-corrected chi connectivity index (χ2v) is 15.4. The molecule has 1 aromatic rings. The monoisotopic (exact) mass is 730 g/mol. The summed E-state index contributed by atoms with van der Waals surface area (Å²) in [6.45, 7) is 5.05. The van der Waals surface area contributed by atoms with Crippen molar-refractivity contribution in [2.75, 3.05) is 19.8 Å². The first-order valence-electron chi connectivity index (χ1n) is 20.2. The molecule has 3 rings (SSSR count). The van der Waals surface area contributed by atoms with E-state index in [2.05, 4.69) is 32.1 Å². The first kappa shape index (κ1) is 43.1. The molecule has 288 valence electrons. The average Bonchev–Trinajstić information content (AvgIpc) is 3.37. The van der Waals surface area contributed by atoms with Crippen molar-refractivity contribution in [1.82, 2.24) is 0 Å². The van der Waals surface area contributed by atoms with E-state index in [1.165, 1.54) is 57.8 Å². The molecule has 8 heteroatoms. The Morgan fingerprint density at radius 2 is 1.63 bits per heavy atom. The van der Waals surface area contributed by atoms with Crippen molar-refractivity contribution in [1.29, 1.82) is 0 Å². The maximum atomic E-state index is 12.5. The number of esters is 2. The van der Waals surface area contributed by atoms with E-state index in [1.54, 1.807) is 18.2 Å². The molecule has 2 aliphatic carbocycles. The molecule has 7 nitrogen and oxygen atoms in total. The Kier molecular flexibility index (Phi) is 20.9. The Morgan fingerprint density at radius 3 is 2.31 bits per heavy atom. The molecule has 0 saturated heterocycles. The standard InChI is InChI=1S/C43H67ClO7/c1-3-5-6-7-8-9-10-11-14-17-29-49-35-22-18-21-34(32-35)42(48)51-31-30-50-41(47)26-16-13-12-15-23-36-37(39(45)33-38(36)44)24-19-25-40(46)43(4-2)27-20-28-43/h12,15,18-19,21-22,24,32,36-40,45-46H,3-11,13-14,16-17,20,23,25-31,33H2,1-2H3/t36-,37-,38-,39-,40+/m1/s1.